The van der Waals surface area contributed by atoms with Crippen LogP contribution in [0.4, 0.5) is 11.4 Å². The summed E-state index contributed by atoms with van der Waals surface area (Å²) in [4.78, 5) is 12.8. The molecule has 0 saturated heterocycles. The molecule has 20 rings (SSSR count). The predicted molar refractivity (Wildman–Crippen MR) is 589 cm³/mol. The lowest BCUT2D eigenvalue weighted by atomic mass is 9.74. The number of fused-ring (bicyclic) bond motifs is 4. The van der Waals surface area contributed by atoms with E-state index < -0.39 is 0 Å². The van der Waals surface area contributed by atoms with Gasteiger partial charge >= 0.3 is 0 Å². The van der Waals surface area contributed by atoms with Crippen molar-refractivity contribution < 1.29 is 9.47 Å². The molecule has 0 unspecified atom stereocenters. The summed E-state index contributed by atoms with van der Waals surface area (Å²) in [6, 6.07) is 116. The van der Waals surface area contributed by atoms with Gasteiger partial charge in [0.15, 0.2) is 0 Å². The fourth-order valence-electron chi connectivity index (χ4n) is 19.0. The molecule has 135 heavy (non-hydrogen) atoms. The lowest BCUT2D eigenvalue weighted by Crippen LogP contribution is -2.20. The largest absolute Gasteiger partial charge is 0.494 e. The number of thiophene rings is 2. The third kappa shape index (κ3) is 24.1. The maximum Gasteiger partial charge on any atom is 0.119 e. The first kappa shape index (κ1) is 92.6. The lowest BCUT2D eigenvalue weighted by molar-refractivity contribution is 0.311. The van der Waals surface area contributed by atoms with E-state index in [9.17, 15) is 0 Å². The number of hydrogen-bond acceptors (Lipinski definition) is 9. The molecule has 0 fully saturated rings. The van der Waals surface area contributed by atoms with Gasteiger partial charge in [-0.25, -0.2) is 0 Å². The van der Waals surface area contributed by atoms with Gasteiger partial charge in [-0.3, -0.25) is 0 Å². The number of benzene rings is 12. The van der Waals surface area contributed by atoms with Gasteiger partial charge in [0.1, 0.15) is 11.5 Å². The molecule has 0 amide bonds. The topological polar surface area (TPSA) is 24.9 Å². The van der Waals surface area contributed by atoms with Crippen molar-refractivity contribution >= 4 is 123 Å². The summed E-state index contributed by atoms with van der Waals surface area (Å²) >= 11 is 9.38. The summed E-state index contributed by atoms with van der Waals surface area (Å²) in [6.07, 6.45) is 48.2. The second-order valence-corrected chi connectivity index (χ2v) is 42.1. The van der Waals surface area contributed by atoms with Crippen LogP contribution in [-0.4, -0.2) is 26.3 Å². The third-order valence-corrected chi connectivity index (χ3v) is 31.0. The molecule has 0 atom stereocenters. The standard InChI is InChI=1S/C51H40S.C39H43NS2.C36H33NO2S2/c1-6-17-40(18-7-1)47-33-38(34-48(37-47)41-19-8-2-9-20-41)29-31-45-27-16-28-46(51(45)44-25-14-5-15-26-44)32-30-39-35-49(42-21-10-3-11-22-42)52-50(36-39)43-23-12-4-13-24-43;1-7-40-33-16-9-11-18-35(33)42-37(40)22-31-20-29(24-39(5,6)26-31)14-12-13-28-19-30(25-38(3,4)23-28)21-36-27(2)32-15-8-10-17-34(32)41-36;1-3-14-28(15-4-1)38-26-12-19-31-30-18-7-9-21-33(30)40-34(31)23-11-24-36-37(32-20-8-10-22-35(32)41-36)25-13-27-39-29-16-5-2-6-17-29/h1-15,17-26,29-37H,16,27-28H2;8-22H,7,23-26H2,1-6H3;1-11,14-18,20-24H,12-13,19,25-27H2/b31-29+,46-32+;13-12+,29-14-,30-21-,37-22-;23-11+,36-24-. The molecule has 2 aromatic heterocycles. The highest BCUT2D eigenvalue weighted by Gasteiger charge is 2.31. The quantitative estimate of drug-likeness (QED) is 0.0526. The zero-order chi connectivity index (χ0) is 92.1. The minimum Gasteiger partial charge on any atom is -0.494 e. The molecular formula is C126H116N2O2S5. The molecule has 0 radical (unpaired) electrons. The minimum atomic E-state index is 0.248. The highest BCUT2D eigenvalue weighted by molar-refractivity contribution is 8.16. The number of anilines is 2. The summed E-state index contributed by atoms with van der Waals surface area (Å²) in [5.74, 6) is 1.86. The van der Waals surface area contributed by atoms with Gasteiger partial charge in [-0.2, -0.15) is 0 Å². The number of allylic oxidation sites excluding steroid dienone is 21. The van der Waals surface area contributed by atoms with E-state index in [4.69, 9.17) is 9.47 Å². The number of ether oxygens (including phenoxy) is 2. The van der Waals surface area contributed by atoms with Gasteiger partial charge in [-0.05, 0) is 315 Å². The van der Waals surface area contributed by atoms with Crippen LogP contribution in [0.15, 0.2) is 465 Å². The van der Waals surface area contributed by atoms with Crippen LogP contribution in [0.3, 0.4) is 0 Å². The number of thioether (sulfide) groups is 3. The number of aryl methyl sites for hydroxylation is 2. The first-order chi connectivity index (χ1) is 66.2. The van der Waals surface area contributed by atoms with Gasteiger partial charge < -0.3 is 19.3 Å². The van der Waals surface area contributed by atoms with E-state index in [1.165, 1.54) is 171 Å². The summed E-state index contributed by atoms with van der Waals surface area (Å²) < 4.78 is 14.6. The maximum absolute atomic E-state index is 5.97. The van der Waals surface area contributed by atoms with Crippen molar-refractivity contribution in [2.75, 3.05) is 36.1 Å². The Hall–Kier alpha value is -12.8. The molecule has 12 aromatic carbocycles. The average Bonchev–Trinajstić information content (AvgIpc) is 1.61. The van der Waals surface area contributed by atoms with Gasteiger partial charge in [0.05, 0.1) is 34.6 Å². The van der Waals surface area contributed by atoms with E-state index >= 15 is 0 Å². The zero-order valence-electron chi connectivity index (χ0n) is 78.1. The average molecular weight is 1850 g/mol. The van der Waals surface area contributed by atoms with Crippen molar-refractivity contribution in [3.63, 3.8) is 0 Å². The van der Waals surface area contributed by atoms with E-state index in [-0.39, 0.29) is 10.8 Å². The van der Waals surface area contributed by atoms with Crippen molar-refractivity contribution in [1.82, 2.24) is 0 Å². The molecule has 14 aromatic rings. The van der Waals surface area contributed by atoms with E-state index in [0.717, 1.165) is 88.8 Å². The molecule has 3 aliphatic heterocycles. The Kier molecular flexibility index (Phi) is 30.6. The monoisotopic (exact) mass is 1850 g/mol. The summed E-state index contributed by atoms with van der Waals surface area (Å²) in [5, 5.41) is 5.34. The molecule has 0 N–H and O–H groups in total. The second kappa shape index (κ2) is 44.6. The normalized spacial score (nSPS) is 17.2. The lowest BCUT2D eigenvalue weighted by Gasteiger charge is -2.31. The predicted octanol–water partition coefficient (Wildman–Crippen LogP) is 36.2. The second-order valence-electron chi connectivity index (χ2n) is 36.7. The number of nitrogens with zero attached hydrogens (tertiary/aromatic N) is 2. The van der Waals surface area contributed by atoms with E-state index in [1.54, 1.807) is 0 Å². The molecule has 672 valence electrons. The summed E-state index contributed by atoms with van der Waals surface area (Å²) in [6.45, 7) is 17.4. The van der Waals surface area contributed by atoms with Crippen LogP contribution < -0.4 is 19.3 Å². The van der Waals surface area contributed by atoms with Crippen LogP contribution >= 0.6 is 58.0 Å². The first-order valence-electron chi connectivity index (χ1n) is 47.6. The minimum absolute atomic E-state index is 0.248. The van der Waals surface area contributed by atoms with Gasteiger partial charge in [0.2, 0.25) is 0 Å². The molecule has 3 aliphatic carbocycles. The van der Waals surface area contributed by atoms with Crippen molar-refractivity contribution in [1.29, 1.82) is 0 Å². The van der Waals surface area contributed by atoms with Gasteiger partial charge in [0, 0.05) is 51.8 Å². The Bertz CT molecular complexity index is 6870. The van der Waals surface area contributed by atoms with Crippen molar-refractivity contribution in [2.45, 2.75) is 116 Å². The number of hydrogen-bond donors (Lipinski definition) is 0. The van der Waals surface area contributed by atoms with Crippen LogP contribution in [0.5, 0.6) is 11.5 Å². The molecule has 0 saturated carbocycles. The Morgan fingerprint density at radius 1 is 0.385 bits per heavy atom. The van der Waals surface area contributed by atoms with Crippen LogP contribution in [-0.2, 0) is 6.42 Å². The Balaban J connectivity index is 0.000000136. The Labute approximate surface area is 820 Å². The van der Waals surface area contributed by atoms with E-state index in [0.29, 0.717) is 13.2 Å². The smallest absolute Gasteiger partial charge is 0.119 e. The first-order valence-corrected chi connectivity index (χ1v) is 51.7. The summed E-state index contributed by atoms with van der Waals surface area (Å²) in [5.41, 5.74) is 26.9. The molecule has 0 bridgehead atoms. The van der Waals surface area contributed by atoms with Crippen molar-refractivity contribution in [3.05, 3.63) is 499 Å². The van der Waals surface area contributed by atoms with Gasteiger partial charge in [-0.15, -0.1) is 22.7 Å². The molecule has 0 spiro atoms. The maximum atomic E-state index is 5.97. The number of rotatable bonds is 25. The SMILES string of the molecule is C(/C=C/c1sc2ccccc2c1CCCOc1ccccc1)=C1/Sc2ccccc2N1CCCOc1ccccc1.C(/C=C1\CCCC(/C=C/c2cc(-c3ccccc3)cc(-c3ccccc3)c2)=C1c1ccccc1)=C1C=C(c2ccccc2)SC(c2ccccc2)=C1.CCN1/C(=C/C2=CC(=C/C=C/C3=CC(=C/c4sc5ccccc5c4C)/CC(C)(C)C3)/CC(C)(C)C2)Sc2ccccc21. The fraction of sp³-hybridized carbons (Fsp3) is 0.175. The molecule has 6 aliphatic rings. The third-order valence-electron chi connectivity index (χ3n) is 25.2. The van der Waals surface area contributed by atoms with Crippen molar-refractivity contribution in [3.8, 4) is 33.8 Å². The van der Waals surface area contributed by atoms with Crippen molar-refractivity contribution in [2.24, 2.45) is 10.8 Å². The molecular weight excluding hydrogens is 1730 g/mol. The highest BCUT2D eigenvalue weighted by Crippen LogP contribution is 2.51. The van der Waals surface area contributed by atoms with E-state index in [1.807, 2.05) is 119 Å². The van der Waals surface area contributed by atoms with E-state index in [2.05, 4.69) is 415 Å². The molecule has 5 heterocycles. The Morgan fingerprint density at radius 3 is 1.49 bits per heavy atom. The zero-order valence-corrected chi connectivity index (χ0v) is 82.1. The van der Waals surface area contributed by atoms with Gasteiger partial charge in [0.25, 0.3) is 0 Å². The van der Waals surface area contributed by atoms with Crippen LogP contribution in [0.25, 0.3) is 76.0 Å². The van der Waals surface area contributed by atoms with Crippen LogP contribution in [0.2, 0.25) is 0 Å². The molecule has 9 heteroatoms. The fourth-order valence-corrected chi connectivity index (χ4v) is 24.7. The molecule has 4 nitrogen and oxygen atoms in total. The Morgan fingerprint density at radius 2 is 0.881 bits per heavy atom. The summed E-state index contributed by atoms with van der Waals surface area (Å²) in [7, 11) is 0. The van der Waals surface area contributed by atoms with Crippen LogP contribution in [0, 0.1) is 17.8 Å². The van der Waals surface area contributed by atoms with Crippen LogP contribution in [0.1, 0.15) is 136 Å². The number of para-hydroxylation sites is 4. The van der Waals surface area contributed by atoms with Gasteiger partial charge in [-0.1, -0.05) is 372 Å². The highest BCUT2D eigenvalue weighted by atomic mass is 32.2.